The first kappa shape index (κ1) is 16.3. The van der Waals surface area contributed by atoms with E-state index in [1.54, 1.807) is 6.08 Å². The average Bonchev–Trinajstić information content (AvgIpc) is 2.96. The van der Waals surface area contributed by atoms with Crippen molar-refractivity contribution in [1.29, 1.82) is 0 Å². The number of hydrogen-bond donors (Lipinski definition) is 1. The Morgan fingerprint density at radius 1 is 1.46 bits per heavy atom. The summed E-state index contributed by atoms with van der Waals surface area (Å²) in [5.74, 6) is 1.57. The lowest BCUT2D eigenvalue weighted by molar-refractivity contribution is -0.116. The summed E-state index contributed by atoms with van der Waals surface area (Å²) >= 11 is 0. The Labute approximate surface area is 142 Å². The monoisotopic (exact) mass is 325 g/mol. The number of rotatable bonds is 4. The summed E-state index contributed by atoms with van der Waals surface area (Å²) in [7, 11) is 0. The first-order valence-electron chi connectivity index (χ1n) is 8.12. The molecule has 0 saturated heterocycles. The van der Waals surface area contributed by atoms with Crippen molar-refractivity contribution in [2.45, 2.75) is 38.6 Å². The zero-order valence-corrected chi connectivity index (χ0v) is 14.4. The van der Waals surface area contributed by atoms with E-state index in [1.807, 2.05) is 35.1 Å². The predicted octanol–water partition coefficient (Wildman–Crippen LogP) is 3.68. The lowest BCUT2D eigenvalue weighted by atomic mass is 9.87. The first-order chi connectivity index (χ1) is 11.4. The van der Waals surface area contributed by atoms with Gasteiger partial charge in [0.1, 0.15) is 18.2 Å². The van der Waals surface area contributed by atoms with Gasteiger partial charge in [-0.1, -0.05) is 24.8 Å². The molecule has 126 valence electrons. The molecule has 0 saturated carbocycles. The largest absolute Gasteiger partial charge is 0.490 e. The third-order valence-corrected chi connectivity index (χ3v) is 4.08. The van der Waals surface area contributed by atoms with Gasteiger partial charge >= 0.3 is 0 Å². The third kappa shape index (κ3) is 3.07. The number of benzene rings is 1. The second-order valence-electron chi connectivity index (χ2n) is 7.01. The Morgan fingerprint density at radius 3 is 2.96 bits per heavy atom. The van der Waals surface area contributed by atoms with Crippen LogP contribution < -0.4 is 10.1 Å². The number of fused-ring (bicyclic) bond motifs is 1. The van der Waals surface area contributed by atoms with Crippen molar-refractivity contribution in [2.24, 2.45) is 0 Å². The molecule has 1 aromatic heterocycles. The van der Waals surface area contributed by atoms with E-state index >= 15 is 0 Å². The van der Waals surface area contributed by atoms with E-state index in [9.17, 15) is 4.79 Å². The van der Waals surface area contributed by atoms with Crippen LogP contribution in [0.3, 0.4) is 0 Å². The highest BCUT2D eigenvalue weighted by Gasteiger charge is 2.32. The van der Waals surface area contributed by atoms with Crippen LogP contribution in [0.2, 0.25) is 0 Å². The van der Waals surface area contributed by atoms with Gasteiger partial charge in [-0.3, -0.25) is 4.79 Å². The van der Waals surface area contributed by atoms with Crippen molar-refractivity contribution in [3.63, 3.8) is 0 Å². The van der Waals surface area contributed by atoms with E-state index in [-0.39, 0.29) is 17.4 Å². The van der Waals surface area contributed by atoms with Gasteiger partial charge in [0.15, 0.2) is 0 Å². The summed E-state index contributed by atoms with van der Waals surface area (Å²) in [5, 5.41) is 7.49. The summed E-state index contributed by atoms with van der Waals surface area (Å²) in [6.45, 7) is 10.3. The van der Waals surface area contributed by atoms with E-state index < -0.39 is 0 Å². The molecule has 1 aromatic carbocycles. The minimum Gasteiger partial charge on any atom is -0.490 e. The number of nitrogens with zero attached hydrogens (tertiary/aromatic N) is 2. The van der Waals surface area contributed by atoms with Gasteiger partial charge in [0, 0.05) is 17.9 Å². The second-order valence-corrected chi connectivity index (χ2v) is 7.01. The van der Waals surface area contributed by atoms with Gasteiger partial charge in [-0.05, 0) is 38.5 Å². The van der Waals surface area contributed by atoms with Crippen LogP contribution in [-0.2, 0) is 10.3 Å². The maximum absolute atomic E-state index is 12.2. The molecule has 1 N–H and O–H groups in total. The minimum atomic E-state index is -0.197. The smallest absolute Gasteiger partial charge is 0.226 e. The molecule has 0 bridgehead atoms. The van der Waals surface area contributed by atoms with Gasteiger partial charge in [0.05, 0.1) is 11.7 Å². The number of anilines is 1. The molecular formula is C19H23N3O2. The predicted molar refractivity (Wildman–Crippen MR) is 94.4 cm³/mol. The van der Waals surface area contributed by atoms with Crippen LogP contribution >= 0.6 is 0 Å². The Kier molecular flexibility index (Phi) is 4.18. The number of hydrogen-bond acceptors (Lipinski definition) is 3. The van der Waals surface area contributed by atoms with Crippen LogP contribution in [0.4, 0.5) is 5.82 Å². The zero-order valence-electron chi connectivity index (χ0n) is 14.4. The molecule has 1 aliphatic heterocycles. The summed E-state index contributed by atoms with van der Waals surface area (Å²) in [5.41, 5.74) is 1.91. The van der Waals surface area contributed by atoms with Crippen LogP contribution in [0.15, 0.2) is 43.1 Å². The van der Waals surface area contributed by atoms with Gasteiger partial charge in [0.25, 0.3) is 0 Å². The molecule has 24 heavy (non-hydrogen) atoms. The molecule has 2 aromatic rings. The highest BCUT2D eigenvalue weighted by atomic mass is 16.5. The quantitative estimate of drug-likeness (QED) is 0.873. The zero-order chi connectivity index (χ0) is 17.3. The van der Waals surface area contributed by atoms with E-state index in [0.29, 0.717) is 13.0 Å². The molecule has 3 rings (SSSR count). The molecule has 0 fully saturated rings. The Bertz CT molecular complexity index is 771. The highest BCUT2D eigenvalue weighted by Crippen LogP contribution is 2.39. The molecule has 0 aliphatic carbocycles. The molecule has 5 heteroatoms. The van der Waals surface area contributed by atoms with E-state index in [4.69, 9.17) is 4.74 Å². The number of ether oxygens (including phenoxy) is 1. The van der Waals surface area contributed by atoms with E-state index in [1.165, 1.54) is 0 Å². The number of nitrogens with one attached hydrogen (secondary N) is 1. The number of carbonyl (C=O) groups is 1. The Morgan fingerprint density at radius 2 is 2.25 bits per heavy atom. The van der Waals surface area contributed by atoms with Gasteiger partial charge in [-0.25, -0.2) is 4.68 Å². The number of carbonyl (C=O) groups excluding carboxylic acids is 1. The highest BCUT2D eigenvalue weighted by molar-refractivity contribution is 5.94. The fourth-order valence-corrected chi connectivity index (χ4v) is 3.00. The fourth-order valence-electron chi connectivity index (χ4n) is 3.00. The number of aromatic nitrogens is 2. The molecule has 1 atom stereocenters. The minimum absolute atomic E-state index is 0.0101. The lowest BCUT2D eigenvalue weighted by Gasteiger charge is -2.28. The normalized spacial score (nSPS) is 17.1. The van der Waals surface area contributed by atoms with Crippen molar-refractivity contribution < 1.29 is 9.53 Å². The summed E-state index contributed by atoms with van der Waals surface area (Å²) in [6, 6.07) is 7.89. The average molecular weight is 325 g/mol. The maximum atomic E-state index is 12.2. The van der Waals surface area contributed by atoms with Crippen molar-refractivity contribution in [1.82, 2.24) is 9.78 Å². The first-order valence-corrected chi connectivity index (χ1v) is 8.12. The van der Waals surface area contributed by atoms with Gasteiger partial charge in [0.2, 0.25) is 5.91 Å². The molecular weight excluding hydrogens is 302 g/mol. The summed E-state index contributed by atoms with van der Waals surface area (Å²) in [4.78, 5) is 12.2. The molecule has 0 spiro atoms. The SMILES string of the molecule is C=CCOc1cccc([C@H]2CC(=O)Nc3c2cnn3C(C)(C)C)c1. The Balaban J connectivity index is 2.00. The third-order valence-electron chi connectivity index (χ3n) is 4.08. The van der Waals surface area contributed by atoms with Crippen molar-refractivity contribution in [3.05, 3.63) is 54.2 Å². The van der Waals surface area contributed by atoms with Gasteiger partial charge in [-0.2, -0.15) is 5.10 Å². The topological polar surface area (TPSA) is 56.1 Å². The molecule has 2 heterocycles. The standard InChI is InChI=1S/C19H23N3O2/c1-5-9-24-14-8-6-7-13(10-14)15-11-17(23)21-18-16(15)12-20-22(18)19(2,3)4/h5-8,10,12,15H,1,9,11H2,2-4H3,(H,21,23)/t15-/m1/s1. The van der Waals surface area contributed by atoms with Crippen LogP contribution in [-0.4, -0.2) is 22.3 Å². The molecule has 1 amide bonds. The Hall–Kier alpha value is -2.56. The lowest BCUT2D eigenvalue weighted by Crippen LogP contribution is -2.30. The second kappa shape index (κ2) is 6.15. The van der Waals surface area contributed by atoms with Crippen molar-refractivity contribution in [3.8, 4) is 5.75 Å². The molecule has 0 radical (unpaired) electrons. The van der Waals surface area contributed by atoms with Crippen LogP contribution in [0, 0.1) is 0 Å². The molecule has 0 unspecified atom stereocenters. The van der Waals surface area contributed by atoms with Crippen LogP contribution in [0.25, 0.3) is 0 Å². The van der Waals surface area contributed by atoms with E-state index in [0.717, 1.165) is 22.7 Å². The van der Waals surface area contributed by atoms with E-state index in [2.05, 4.69) is 37.8 Å². The van der Waals surface area contributed by atoms with Gasteiger partial charge < -0.3 is 10.1 Å². The van der Waals surface area contributed by atoms with Gasteiger partial charge in [-0.15, -0.1) is 0 Å². The van der Waals surface area contributed by atoms with Crippen LogP contribution in [0.5, 0.6) is 5.75 Å². The van der Waals surface area contributed by atoms with Crippen LogP contribution in [0.1, 0.15) is 44.2 Å². The van der Waals surface area contributed by atoms with Crippen molar-refractivity contribution in [2.75, 3.05) is 11.9 Å². The maximum Gasteiger partial charge on any atom is 0.226 e. The number of amides is 1. The molecule has 5 nitrogen and oxygen atoms in total. The van der Waals surface area contributed by atoms with Crippen molar-refractivity contribution >= 4 is 11.7 Å². The summed E-state index contributed by atoms with van der Waals surface area (Å²) in [6.07, 6.45) is 3.99. The summed E-state index contributed by atoms with van der Waals surface area (Å²) < 4.78 is 7.50. The fraction of sp³-hybridized carbons (Fsp3) is 0.368. The molecule has 1 aliphatic rings.